The molecule has 88 valence electrons. The van der Waals surface area contributed by atoms with E-state index in [1.807, 2.05) is 0 Å². The van der Waals surface area contributed by atoms with Gasteiger partial charge in [0.05, 0.1) is 6.61 Å². The van der Waals surface area contributed by atoms with Gasteiger partial charge in [0.1, 0.15) is 5.72 Å². The molecule has 0 aromatic carbocycles. The van der Waals surface area contributed by atoms with Crippen molar-refractivity contribution >= 4 is 0 Å². The van der Waals surface area contributed by atoms with Gasteiger partial charge in [0, 0.05) is 5.54 Å². The van der Waals surface area contributed by atoms with Gasteiger partial charge in [-0.3, -0.25) is 5.32 Å². The smallest absolute Gasteiger partial charge is 0.117 e. The summed E-state index contributed by atoms with van der Waals surface area (Å²) >= 11 is 0. The molecule has 0 aromatic rings. The van der Waals surface area contributed by atoms with Crippen molar-refractivity contribution in [3.63, 3.8) is 0 Å². The summed E-state index contributed by atoms with van der Waals surface area (Å²) in [6.07, 6.45) is 3.74. The number of ether oxygens (including phenoxy) is 1. The average molecular weight is 212 g/mol. The molecular formula is C12H24N2O. The van der Waals surface area contributed by atoms with E-state index >= 15 is 0 Å². The third-order valence-corrected chi connectivity index (χ3v) is 3.49. The highest BCUT2D eigenvalue weighted by atomic mass is 16.5. The second kappa shape index (κ2) is 4.04. The monoisotopic (exact) mass is 212 g/mol. The maximum Gasteiger partial charge on any atom is 0.117 e. The van der Waals surface area contributed by atoms with E-state index in [0.717, 1.165) is 18.9 Å². The van der Waals surface area contributed by atoms with Crippen LogP contribution in [-0.2, 0) is 4.74 Å². The van der Waals surface area contributed by atoms with Crippen molar-refractivity contribution in [2.24, 2.45) is 5.92 Å². The first kappa shape index (κ1) is 11.4. The van der Waals surface area contributed by atoms with Crippen LogP contribution in [0.2, 0.25) is 0 Å². The topological polar surface area (TPSA) is 33.3 Å². The van der Waals surface area contributed by atoms with Crippen molar-refractivity contribution in [2.75, 3.05) is 19.7 Å². The van der Waals surface area contributed by atoms with Gasteiger partial charge in [-0.1, -0.05) is 0 Å². The Bertz CT molecular complexity index is 224. The van der Waals surface area contributed by atoms with Gasteiger partial charge in [0.2, 0.25) is 0 Å². The Kier molecular flexibility index (Phi) is 3.06. The van der Waals surface area contributed by atoms with E-state index in [1.165, 1.54) is 25.9 Å². The predicted octanol–water partition coefficient (Wildman–Crippen LogP) is 1.49. The summed E-state index contributed by atoms with van der Waals surface area (Å²) in [4.78, 5) is 0. The Morgan fingerprint density at radius 1 is 1.20 bits per heavy atom. The zero-order chi connectivity index (χ0) is 10.9. The molecule has 3 nitrogen and oxygen atoms in total. The molecule has 0 aliphatic carbocycles. The minimum absolute atomic E-state index is 0.0918. The number of rotatable bonds is 2. The highest BCUT2D eigenvalue weighted by Gasteiger charge is 2.41. The SMILES string of the molecule is CC1(C)COC(C)(CC2CCNCC2)N1. The Morgan fingerprint density at radius 3 is 2.40 bits per heavy atom. The Morgan fingerprint density at radius 2 is 1.87 bits per heavy atom. The normalized spacial score (nSPS) is 37.0. The van der Waals surface area contributed by atoms with Crippen molar-refractivity contribution in [3.8, 4) is 0 Å². The van der Waals surface area contributed by atoms with Crippen LogP contribution in [0, 0.1) is 5.92 Å². The molecule has 2 rings (SSSR count). The van der Waals surface area contributed by atoms with Gasteiger partial charge in [-0.25, -0.2) is 0 Å². The molecule has 1 atom stereocenters. The minimum atomic E-state index is -0.0918. The quantitative estimate of drug-likeness (QED) is 0.727. The van der Waals surface area contributed by atoms with Crippen molar-refractivity contribution in [1.82, 2.24) is 10.6 Å². The first-order valence-electron chi connectivity index (χ1n) is 6.13. The summed E-state index contributed by atoms with van der Waals surface area (Å²) < 4.78 is 5.93. The molecule has 0 saturated carbocycles. The highest BCUT2D eigenvalue weighted by molar-refractivity contribution is 4.93. The largest absolute Gasteiger partial charge is 0.359 e. The molecule has 1 unspecified atom stereocenters. The van der Waals surface area contributed by atoms with Gasteiger partial charge in [0.25, 0.3) is 0 Å². The maximum atomic E-state index is 5.93. The second-order valence-electron chi connectivity index (χ2n) is 5.93. The minimum Gasteiger partial charge on any atom is -0.359 e. The van der Waals surface area contributed by atoms with Crippen molar-refractivity contribution in [1.29, 1.82) is 0 Å². The second-order valence-corrected chi connectivity index (χ2v) is 5.93. The average Bonchev–Trinajstić information content (AvgIpc) is 2.42. The first-order chi connectivity index (χ1) is 6.99. The molecule has 2 aliphatic heterocycles. The van der Waals surface area contributed by atoms with E-state index in [1.54, 1.807) is 0 Å². The molecule has 15 heavy (non-hydrogen) atoms. The van der Waals surface area contributed by atoms with Crippen LogP contribution >= 0.6 is 0 Å². The van der Waals surface area contributed by atoms with Crippen LogP contribution in [0.1, 0.15) is 40.0 Å². The number of nitrogens with one attached hydrogen (secondary N) is 2. The lowest BCUT2D eigenvalue weighted by Crippen LogP contribution is -2.48. The van der Waals surface area contributed by atoms with Gasteiger partial charge in [-0.05, 0) is 59.0 Å². The lowest BCUT2D eigenvalue weighted by molar-refractivity contribution is -0.0167. The van der Waals surface area contributed by atoms with E-state index in [-0.39, 0.29) is 11.3 Å². The molecule has 2 aliphatic rings. The molecular weight excluding hydrogens is 188 g/mol. The maximum absolute atomic E-state index is 5.93. The molecule has 0 spiro atoms. The molecule has 3 heteroatoms. The number of piperidine rings is 1. The van der Waals surface area contributed by atoms with Crippen LogP contribution < -0.4 is 10.6 Å². The molecule has 2 heterocycles. The van der Waals surface area contributed by atoms with Crippen LogP contribution in [-0.4, -0.2) is 31.0 Å². The highest BCUT2D eigenvalue weighted by Crippen LogP contribution is 2.31. The fourth-order valence-corrected chi connectivity index (χ4v) is 2.87. The van der Waals surface area contributed by atoms with Gasteiger partial charge < -0.3 is 10.1 Å². The fraction of sp³-hybridized carbons (Fsp3) is 1.00. The summed E-state index contributed by atoms with van der Waals surface area (Å²) in [5, 5.41) is 7.02. The van der Waals surface area contributed by atoms with Crippen LogP contribution in [0.4, 0.5) is 0 Å². The first-order valence-corrected chi connectivity index (χ1v) is 6.13. The van der Waals surface area contributed by atoms with Crippen LogP contribution in [0.25, 0.3) is 0 Å². The van der Waals surface area contributed by atoms with Gasteiger partial charge in [-0.15, -0.1) is 0 Å². The molecule has 0 amide bonds. The summed E-state index contributed by atoms with van der Waals surface area (Å²) in [7, 11) is 0. The van der Waals surface area contributed by atoms with E-state index < -0.39 is 0 Å². The van der Waals surface area contributed by atoms with Gasteiger partial charge in [0.15, 0.2) is 0 Å². The summed E-state index contributed by atoms with van der Waals surface area (Å²) in [5.74, 6) is 0.817. The van der Waals surface area contributed by atoms with Crippen LogP contribution in [0.5, 0.6) is 0 Å². The molecule has 2 N–H and O–H groups in total. The molecule has 2 saturated heterocycles. The van der Waals surface area contributed by atoms with Gasteiger partial charge in [-0.2, -0.15) is 0 Å². The molecule has 2 fully saturated rings. The van der Waals surface area contributed by atoms with Gasteiger partial charge >= 0.3 is 0 Å². The zero-order valence-electron chi connectivity index (χ0n) is 10.2. The van der Waals surface area contributed by atoms with Crippen molar-refractivity contribution in [3.05, 3.63) is 0 Å². The van der Waals surface area contributed by atoms with E-state index in [4.69, 9.17) is 4.74 Å². The Balaban J connectivity index is 1.88. The fourth-order valence-electron chi connectivity index (χ4n) is 2.87. The zero-order valence-corrected chi connectivity index (χ0v) is 10.2. The summed E-state index contributed by atoms with van der Waals surface area (Å²) in [6.45, 7) is 9.79. The third-order valence-electron chi connectivity index (χ3n) is 3.49. The van der Waals surface area contributed by atoms with E-state index in [2.05, 4.69) is 31.4 Å². The van der Waals surface area contributed by atoms with Crippen LogP contribution in [0.15, 0.2) is 0 Å². The predicted molar refractivity (Wildman–Crippen MR) is 61.8 cm³/mol. The molecule has 0 aromatic heterocycles. The van der Waals surface area contributed by atoms with Crippen molar-refractivity contribution in [2.45, 2.75) is 51.3 Å². The molecule has 0 bridgehead atoms. The number of hydrogen-bond donors (Lipinski definition) is 2. The standard InChI is InChI=1S/C12H24N2O/c1-11(2)9-15-12(3,14-11)8-10-4-6-13-7-5-10/h10,13-14H,4-9H2,1-3H3. The van der Waals surface area contributed by atoms with Crippen molar-refractivity contribution < 1.29 is 4.74 Å². The Hall–Kier alpha value is -0.120. The van der Waals surface area contributed by atoms with E-state index in [0.29, 0.717) is 0 Å². The molecule has 0 radical (unpaired) electrons. The number of hydrogen-bond acceptors (Lipinski definition) is 3. The summed E-state index contributed by atoms with van der Waals surface area (Å²) in [6, 6.07) is 0. The Labute approximate surface area is 93.0 Å². The summed E-state index contributed by atoms with van der Waals surface area (Å²) in [5.41, 5.74) is 0.0488. The lowest BCUT2D eigenvalue weighted by Gasteiger charge is -2.32. The van der Waals surface area contributed by atoms with Crippen LogP contribution in [0.3, 0.4) is 0 Å². The van der Waals surface area contributed by atoms with E-state index in [9.17, 15) is 0 Å². The lowest BCUT2D eigenvalue weighted by atomic mass is 9.89. The third kappa shape index (κ3) is 2.92.